The number of aromatic hydroxyl groups is 1. The van der Waals surface area contributed by atoms with Gasteiger partial charge in [-0.05, 0) is 29.2 Å². The second-order valence-electron chi connectivity index (χ2n) is 4.19. The van der Waals surface area contributed by atoms with Gasteiger partial charge in [-0.3, -0.25) is 10.1 Å². The minimum atomic E-state index is -1.16. The first kappa shape index (κ1) is 15.5. The fourth-order valence-corrected chi connectivity index (χ4v) is 2.56. The van der Waals surface area contributed by atoms with Gasteiger partial charge in [0, 0.05) is 10.9 Å². The number of aliphatic carboxylic acids is 1. The molecular formula is C14H11NO6S. The maximum Gasteiger partial charge on any atom is 0.337 e. The Morgan fingerprint density at radius 3 is 2.68 bits per heavy atom. The lowest BCUT2D eigenvalue weighted by molar-refractivity contribution is -0.386. The number of phenols is 1. The minimum absolute atomic E-state index is 0.00274. The van der Waals surface area contributed by atoms with E-state index >= 15 is 0 Å². The third-order valence-corrected chi connectivity index (χ3v) is 3.72. The average Bonchev–Trinajstić information content (AvgIpc) is 2.99. The predicted octanol–water partition coefficient (Wildman–Crippen LogP) is 3.00. The van der Waals surface area contributed by atoms with E-state index in [1.807, 2.05) is 0 Å². The van der Waals surface area contributed by atoms with Gasteiger partial charge in [0.15, 0.2) is 5.75 Å². The summed E-state index contributed by atoms with van der Waals surface area (Å²) in [5.41, 5.74) is -0.314. The van der Waals surface area contributed by atoms with Gasteiger partial charge in [0.25, 0.3) is 0 Å². The van der Waals surface area contributed by atoms with Crippen LogP contribution >= 0.6 is 11.3 Å². The SMILES string of the molecule is COc1cc(/C=C(\C(=O)O)c2cccs2)cc([N+](=O)[O-])c1O. The van der Waals surface area contributed by atoms with E-state index in [1.54, 1.807) is 17.5 Å². The molecule has 1 heterocycles. The number of rotatable bonds is 5. The molecule has 22 heavy (non-hydrogen) atoms. The summed E-state index contributed by atoms with van der Waals surface area (Å²) in [4.78, 5) is 22.1. The summed E-state index contributed by atoms with van der Waals surface area (Å²) in [6.45, 7) is 0. The Hall–Kier alpha value is -2.87. The molecule has 2 aromatic rings. The minimum Gasteiger partial charge on any atom is -0.500 e. The van der Waals surface area contributed by atoms with Crippen molar-refractivity contribution in [3.63, 3.8) is 0 Å². The maximum absolute atomic E-state index is 11.4. The normalized spacial score (nSPS) is 11.2. The zero-order valence-electron chi connectivity index (χ0n) is 11.3. The zero-order valence-corrected chi connectivity index (χ0v) is 12.2. The monoisotopic (exact) mass is 321 g/mol. The molecule has 0 saturated carbocycles. The molecule has 0 aliphatic carbocycles. The lowest BCUT2D eigenvalue weighted by Gasteiger charge is -2.06. The molecule has 1 aromatic carbocycles. The largest absolute Gasteiger partial charge is 0.500 e. The highest BCUT2D eigenvalue weighted by atomic mass is 32.1. The topological polar surface area (TPSA) is 110 Å². The molecule has 7 nitrogen and oxygen atoms in total. The highest BCUT2D eigenvalue weighted by Gasteiger charge is 2.20. The van der Waals surface area contributed by atoms with Crippen molar-refractivity contribution < 1.29 is 24.7 Å². The van der Waals surface area contributed by atoms with Crippen LogP contribution < -0.4 is 4.74 Å². The highest BCUT2D eigenvalue weighted by Crippen LogP contribution is 2.38. The fraction of sp³-hybridized carbons (Fsp3) is 0.0714. The van der Waals surface area contributed by atoms with Gasteiger partial charge in [0.2, 0.25) is 5.75 Å². The fourth-order valence-electron chi connectivity index (χ4n) is 1.83. The number of nitro groups is 1. The van der Waals surface area contributed by atoms with Crippen LogP contribution in [0.3, 0.4) is 0 Å². The Labute approximate surface area is 128 Å². The van der Waals surface area contributed by atoms with Crippen LogP contribution in [0.5, 0.6) is 11.5 Å². The Kier molecular flexibility index (Phi) is 4.42. The molecule has 0 aliphatic rings. The summed E-state index contributed by atoms with van der Waals surface area (Å²) in [6, 6.07) is 5.76. The van der Waals surface area contributed by atoms with E-state index in [1.165, 1.54) is 30.6 Å². The van der Waals surface area contributed by atoms with Gasteiger partial charge in [0.1, 0.15) is 0 Å². The van der Waals surface area contributed by atoms with E-state index in [2.05, 4.69) is 0 Å². The first-order chi connectivity index (χ1) is 10.4. The summed E-state index contributed by atoms with van der Waals surface area (Å²) in [6.07, 6.45) is 1.29. The third-order valence-electron chi connectivity index (χ3n) is 2.82. The van der Waals surface area contributed by atoms with Crippen molar-refractivity contribution in [3.8, 4) is 11.5 Å². The number of hydrogen-bond donors (Lipinski definition) is 2. The van der Waals surface area contributed by atoms with Crippen LogP contribution in [0.2, 0.25) is 0 Å². The molecule has 0 radical (unpaired) electrons. The van der Waals surface area contributed by atoms with Gasteiger partial charge in [-0.15, -0.1) is 11.3 Å². The van der Waals surface area contributed by atoms with Crippen LogP contribution in [0.4, 0.5) is 5.69 Å². The lowest BCUT2D eigenvalue weighted by atomic mass is 10.1. The van der Waals surface area contributed by atoms with Gasteiger partial charge in [0.05, 0.1) is 17.6 Å². The maximum atomic E-state index is 11.4. The Balaban J connectivity index is 2.60. The number of carboxylic acid groups (broad SMARTS) is 1. The van der Waals surface area contributed by atoms with Crippen molar-refractivity contribution in [1.29, 1.82) is 0 Å². The Morgan fingerprint density at radius 1 is 1.45 bits per heavy atom. The van der Waals surface area contributed by atoms with Gasteiger partial charge in [-0.25, -0.2) is 4.79 Å². The summed E-state index contributed by atoms with van der Waals surface area (Å²) in [5, 5.41) is 31.7. The number of nitrogens with zero attached hydrogens (tertiary/aromatic N) is 1. The molecular weight excluding hydrogens is 310 g/mol. The molecule has 0 atom stereocenters. The van der Waals surface area contributed by atoms with Crippen molar-refractivity contribution in [3.05, 3.63) is 50.2 Å². The molecule has 0 bridgehead atoms. The number of phenolic OH excluding ortho intramolecular Hbond substituents is 1. The standard InChI is InChI=1S/C14H11NO6S/c1-21-11-7-8(6-10(13(11)16)15(19)20)5-9(14(17)18)12-3-2-4-22-12/h2-7,16H,1H3,(H,17,18)/b9-5-. The van der Waals surface area contributed by atoms with Gasteiger partial charge < -0.3 is 14.9 Å². The van der Waals surface area contributed by atoms with Crippen LogP contribution in [0.1, 0.15) is 10.4 Å². The molecule has 0 saturated heterocycles. The van der Waals surface area contributed by atoms with Gasteiger partial charge >= 0.3 is 11.7 Å². The van der Waals surface area contributed by atoms with E-state index in [4.69, 9.17) is 4.74 Å². The van der Waals surface area contributed by atoms with Crippen molar-refractivity contribution in [2.24, 2.45) is 0 Å². The van der Waals surface area contributed by atoms with Crippen LogP contribution in [-0.2, 0) is 4.79 Å². The first-order valence-corrected chi connectivity index (χ1v) is 6.86. The second kappa shape index (κ2) is 6.27. The van der Waals surface area contributed by atoms with Crippen molar-refractivity contribution in [2.45, 2.75) is 0 Å². The molecule has 2 N–H and O–H groups in total. The molecule has 2 rings (SSSR count). The number of thiophene rings is 1. The van der Waals surface area contributed by atoms with Gasteiger partial charge in [-0.2, -0.15) is 0 Å². The van der Waals surface area contributed by atoms with Crippen LogP contribution in [0.15, 0.2) is 29.6 Å². The quantitative estimate of drug-likeness (QED) is 0.497. The van der Waals surface area contributed by atoms with E-state index in [0.29, 0.717) is 4.88 Å². The summed E-state index contributed by atoms with van der Waals surface area (Å²) in [7, 11) is 1.25. The Bertz CT molecular complexity index is 751. The highest BCUT2D eigenvalue weighted by molar-refractivity contribution is 7.11. The average molecular weight is 321 g/mol. The van der Waals surface area contributed by atoms with E-state index < -0.39 is 22.3 Å². The summed E-state index contributed by atoms with van der Waals surface area (Å²) >= 11 is 1.24. The number of ether oxygens (including phenoxy) is 1. The van der Waals surface area contributed by atoms with Crippen molar-refractivity contribution in [1.82, 2.24) is 0 Å². The number of hydrogen-bond acceptors (Lipinski definition) is 6. The molecule has 1 aromatic heterocycles. The van der Waals surface area contributed by atoms with Crippen LogP contribution in [0, 0.1) is 10.1 Å². The lowest BCUT2D eigenvalue weighted by Crippen LogP contribution is -1.98. The van der Waals surface area contributed by atoms with E-state index in [9.17, 15) is 25.1 Å². The first-order valence-electron chi connectivity index (χ1n) is 5.98. The van der Waals surface area contributed by atoms with Crippen LogP contribution in [-0.4, -0.2) is 28.2 Å². The third kappa shape index (κ3) is 3.07. The summed E-state index contributed by atoms with van der Waals surface area (Å²) in [5.74, 6) is -1.86. The van der Waals surface area contributed by atoms with Crippen molar-refractivity contribution in [2.75, 3.05) is 7.11 Å². The number of carboxylic acids is 1. The van der Waals surface area contributed by atoms with E-state index in [0.717, 1.165) is 6.07 Å². The summed E-state index contributed by atoms with van der Waals surface area (Å²) < 4.78 is 4.88. The molecule has 0 amide bonds. The molecule has 8 heteroatoms. The number of carbonyl (C=O) groups is 1. The molecule has 114 valence electrons. The Morgan fingerprint density at radius 2 is 2.18 bits per heavy atom. The molecule has 0 fully saturated rings. The molecule has 0 unspecified atom stereocenters. The second-order valence-corrected chi connectivity index (χ2v) is 5.14. The molecule has 0 spiro atoms. The van der Waals surface area contributed by atoms with Gasteiger partial charge in [-0.1, -0.05) is 6.07 Å². The van der Waals surface area contributed by atoms with Crippen molar-refractivity contribution >= 4 is 34.6 Å². The molecule has 0 aliphatic heterocycles. The number of nitro benzene ring substituents is 1. The zero-order chi connectivity index (χ0) is 16.3. The van der Waals surface area contributed by atoms with E-state index in [-0.39, 0.29) is 16.9 Å². The smallest absolute Gasteiger partial charge is 0.337 e. The predicted molar refractivity (Wildman–Crippen MR) is 81.1 cm³/mol. The van der Waals surface area contributed by atoms with Crippen LogP contribution in [0.25, 0.3) is 11.6 Å². The number of benzene rings is 1. The number of methoxy groups -OCH3 is 1.